The molecule has 0 saturated carbocycles. The molecule has 0 saturated heterocycles. The number of hydrogen-bond donors (Lipinski definition) is 1. The van der Waals surface area contributed by atoms with Crippen molar-refractivity contribution in [3.05, 3.63) is 111 Å². The molecule has 2 heterocycles. The fraction of sp³-hybridized carbons (Fsp3) is 0.259. The predicted molar refractivity (Wildman–Crippen MR) is 138 cm³/mol. The molecule has 200 valence electrons. The lowest BCUT2D eigenvalue weighted by molar-refractivity contribution is -0.0890. The van der Waals surface area contributed by atoms with Gasteiger partial charge in [-0.25, -0.2) is 0 Å². The molecule has 3 aromatic rings. The van der Waals surface area contributed by atoms with E-state index < -0.39 is 17.7 Å². The van der Waals surface area contributed by atoms with Gasteiger partial charge in [-0.05, 0) is 42.5 Å². The topological polar surface area (TPSA) is 90.5 Å². The van der Waals surface area contributed by atoms with E-state index in [1.54, 1.807) is 27.6 Å². The molecule has 1 amide bonds. The molecule has 0 bridgehead atoms. The number of aliphatic imine (C=N–C) groups is 1. The number of nitrogens with zero attached hydrogens (tertiary/aromatic N) is 4. The van der Waals surface area contributed by atoms with Crippen LogP contribution in [0.3, 0.4) is 0 Å². The number of allylic oxidation sites excluding steroid dienone is 2. The second-order valence-electron chi connectivity index (χ2n) is 8.48. The van der Waals surface area contributed by atoms with Crippen molar-refractivity contribution >= 4 is 12.6 Å². The van der Waals surface area contributed by atoms with Crippen molar-refractivity contribution in [2.75, 3.05) is 13.7 Å². The number of rotatable bonds is 11. The maximum absolute atomic E-state index is 13.3. The lowest BCUT2D eigenvalue weighted by Crippen LogP contribution is -2.27. The van der Waals surface area contributed by atoms with E-state index in [1.165, 1.54) is 26.3 Å². The molecule has 38 heavy (non-hydrogen) atoms. The summed E-state index contributed by atoms with van der Waals surface area (Å²) in [6, 6.07) is 12.6. The van der Waals surface area contributed by atoms with Gasteiger partial charge in [0.15, 0.2) is 0 Å². The van der Waals surface area contributed by atoms with E-state index >= 15 is 0 Å². The van der Waals surface area contributed by atoms with Crippen molar-refractivity contribution in [1.29, 1.82) is 0 Å². The van der Waals surface area contributed by atoms with Crippen LogP contribution in [0, 0.1) is 0 Å². The highest BCUT2D eigenvalue weighted by molar-refractivity contribution is 5.95. The van der Waals surface area contributed by atoms with E-state index in [0.29, 0.717) is 18.8 Å². The smallest absolute Gasteiger partial charge is 0.378 e. The molecule has 0 radical (unpaired) electrons. The van der Waals surface area contributed by atoms with E-state index in [-0.39, 0.29) is 29.8 Å². The van der Waals surface area contributed by atoms with Crippen LogP contribution >= 0.6 is 0 Å². The van der Waals surface area contributed by atoms with Gasteiger partial charge in [-0.15, -0.1) is 0 Å². The number of nitrogens with one attached hydrogen (secondary N) is 1. The zero-order valence-electron chi connectivity index (χ0n) is 21.0. The minimum absolute atomic E-state index is 0.0525. The number of carbonyl (C=O) groups is 1. The van der Waals surface area contributed by atoms with E-state index in [2.05, 4.69) is 22.1 Å². The summed E-state index contributed by atoms with van der Waals surface area (Å²) >= 11 is 0. The first-order valence-electron chi connectivity index (χ1n) is 11.6. The van der Waals surface area contributed by atoms with Crippen LogP contribution in [0.2, 0.25) is 0 Å². The molecular weight excluding hydrogens is 499 g/mol. The van der Waals surface area contributed by atoms with Gasteiger partial charge in [0.1, 0.15) is 5.69 Å². The molecule has 0 fully saturated rings. The third-order valence-corrected chi connectivity index (χ3v) is 5.61. The van der Waals surface area contributed by atoms with Crippen LogP contribution in [-0.4, -0.2) is 46.8 Å². The number of pyridine rings is 1. The van der Waals surface area contributed by atoms with Crippen LogP contribution in [-0.2, 0) is 24.4 Å². The summed E-state index contributed by atoms with van der Waals surface area (Å²) in [6.45, 7) is 4.95. The number of hydrogen-bond acceptors (Lipinski definition) is 5. The summed E-state index contributed by atoms with van der Waals surface area (Å²) in [5.41, 5.74) is 1.35. The Morgan fingerprint density at radius 2 is 1.84 bits per heavy atom. The van der Waals surface area contributed by atoms with Gasteiger partial charge in [-0.1, -0.05) is 30.3 Å². The lowest BCUT2D eigenvalue weighted by Gasteiger charge is -2.13. The lowest BCUT2D eigenvalue weighted by atomic mass is 10.1. The van der Waals surface area contributed by atoms with Crippen LogP contribution in [0.15, 0.2) is 88.1 Å². The van der Waals surface area contributed by atoms with Crippen LogP contribution < -0.4 is 10.9 Å². The third kappa shape index (κ3) is 7.62. The standard InChI is InChI=1S/C27H28F3N5O3/c1-19(23(11-12-31-2)27(28,29)30)14-32-26(37)22-17-35(33-24(22)18-38-3)16-21-9-7-20(8-10-21)15-34-13-5-4-6-25(34)36/h4-13,17H,2,14-16,18H2,1,3H3,(H,32,37)/b12-11-,23-19-. The summed E-state index contributed by atoms with van der Waals surface area (Å²) in [7, 11) is 1.46. The van der Waals surface area contributed by atoms with Gasteiger partial charge >= 0.3 is 6.18 Å². The van der Waals surface area contributed by atoms with Crippen molar-refractivity contribution in [1.82, 2.24) is 19.7 Å². The van der Waals surface area contributed by atoms with E-state index in [0.717, 1.165) is 23.4 Å². The second-order valence-corrected chi connectivity index (χ2v) is 8.48. The fourth-order valence-corrected chi connectivity index (χ4v) is 3.71. The number of carbonyl (C=O) groups excluding carboxylic acids is 1. The maximum Gasteiger partial charge on any atom is 0.416 e. The highest BCUT2D eigenvalue weighted by atomic mass is 19.4. The number of amides is 1. The highest BCUT2D eigenvalue weighted by Crippen LogP contribution is 2.29. The van der Waals surface area contributed by atoms with Gasteiger partial charge in [-0.3, -0.25) is 19.3 Å². The fourth-order valence-electron chi connectivity index (χ4n) is 3.71. The molecule has 0 aliphatic carbocycles. The van der Waals surface area contributed by atoms with Gasteiger partial charge in [0.05, 0.1) is 30.8 Å². The van der Waals surface area contributed by atoms with Crippen molar-refractivity contribution in [3.63, 3.8) is 0 Å². The first-order valence-corrected chi connectivity index (χ1v) is 11.6. The summed E-state index contributed by atoms with van der Waals surface area (Å²) < 4.78 is 48.3. The molecule has 1 N–H and O–H groups in total. The number of alkyl halides is 3. The Hall–Kier alpha value is -4.25. The summed E-state index contributed by atoms with van der Waals surface area (Å²) in [5, 5.41) is 6.95. The zero-order valence-corrected chi connectivity index (χ0v) is 21.0. The van der Waals surface area contributed by atoms with Crippen molar-refractivity contribution in [2.45, 2.75) is 32.8 Å². The van der Waals surface area contributed by atoms with Crippen LogP contribution in [0.4, 0.5) is 13.2 Å². The highest BCUT2D eigenvalue weighted by Gasteiger charge is 2.33. The minimum atomic E-state index is -4.60. The molecule has 2 aromatic heterocycles. The Labute approximate surface area is 217 Å². The summed E-state index contributed by atoms with van der Waals surface area (Å²) in [6.07, 6.45) is 0.413. The Bertz CT molecular complexity index is 1390. The number of aromatic nitrogens is 3. The molecule has 0 atom stereocenters. The van der Waals surface area contributed by atoms with Gasteiger partial charge < -0.3 is 14.6 Å². The molecular formula is C27H28F3N5O3. The molecule has 8 nitrogen and oxygen atoms in total. The average Bonchev–Trinajstić information content (AvgIpc) is 3.27. The largest absolute Gasteiger partial charge is 0.416 e. The molecule has 11 heteroatoms. The molecule has 0 spiro atoms. The number of benzene rings is 1. The third-order valence-electron chi connectivity index (χ3n) is 5.61. The maximum atomic E-state index is 13.3. The van der Waals surface area contributed by atoms with Gasteiger partial charge in [-0.2, -0.15) is 18.3 Å². The van der Waals surface area contributed by atoms with Gasteiger partial charge in [0, 0.05) is 38.3 Å². The summed E-state index contributed by atoms with van der Waals surface area (Å²) in [4.78, 5) is 28.1. The Balaban J connectivity index is 1.73. The van der Waals surface area contributed by atoms with Gasteiger partial charge in [0.25, 0.3) is 11.5 Å². The van der Waals surface area contributed by atoms with Gasteiger partial charge in [0.2, 0.25) is 0 Å². The molecule has 0 unspecified atom stereocenters. The second kappa shape index (κ2) is 12.8. The van der Waals surface area contributed by atoms with Crippen molar-refractivity contribution < 1.29 is 22.7 Å². The van der Waals surface area contributed by atoms with Crippen molar-refractivity contribution in [3.8, 4) is 0 Å². The molecule has 3 rings (SSSR count). The van der Waals surface area contributed by atoms with Crippen LogP contribution in [0.5, 0.6) is 0 Å². The molecule has 0 aliphatic heterocycles. The van der Waals surface area contributed by atoms with Crippen LogP contribution in [0.25, 0.3) is 0 Å². The predicted octanol–water partition coefficient (Wildman–Crippen LogP) is 4.11. The Morgan fingerprint density at radius 1 is 1.16 bits per heavy atom. The quantitative estimate of drug-likeness (QED) is 0.300. The van der Waals surface area contributed by atoms with E-state index in [4.69, 9.17) is 4.74 Å². The molecule has 0 aliphatic rings. The van der Waals surface area contributed by atoms with E-state index in [1.807, 2.05) is 24.3 Å². The first-order chi connectivity index (χ1) is 18.1. The SMILES string of the molecule is C=N/C=C\C(=C(/C)CNC(=O)c1cn(Cc2ccc(Cn3ccccc3=O)cc2)nc1COC)C(F)(F)F. The Kier molecular flexibility index (Phi) is 9.55. The number of methoxy groups -OCH3 is 1. The average molecular weight is 528 g/mol. The molecule has 1 aromatic carbocycles. The number of ether oxygens (including phenoxy) is 1. The minimum Gasteiger partial charge on any atom is -0.378 e. The Morgan fingerprint density at radius 3 is 2.45 bits per heavy atom. The number of halogens is 3. The first kappa shape index (κ1) is 28.3. The van der Waals surface area contributed by atoms with Crippen molar-refractivity contribution in [2.24, 2.45) is 4.99 Å². The zero-order chi connectivity index (χ0) is 27.7. The normalized spacial score (nSPS) is 12.4. The van der Waals surface area contributed by atoms with Crippen LogP contribution in [0.1, 0.15) is 34.1 Å². The summed E-state index contributed by atoms with van der Waals surface area (Å²) in [5.74, 6) is -0.571. The monoisotopic (exact) mass is 527 g/mol. The van der Waals surface area contributed by atoms with E-state index in [9.17, 15) is 22.8 Å².